The average Bonchev–Trinajstić information content (AvgIpc) is 3.23. The molecular weight excluding hydrogens is 309 g/mol. The standard InChI is InChI=1S/C18H22FN3O2/c1-24-18(23)7-9-22-12-14(10-20-22)11-21-8-6-15(13-21)16-4-2-3-5-17(16)19/h2-5,10,12,15H,6-9,11,13H2,1H3/t15-/m0/s1. The molecule has 0 amide bonds. The number of likely N-dealkylation sites (tertiary alicyclic amines) is 1. The predicted molar refractivity (Wildman–Crippen MR) is 87.9 cm³/mol. The van der Waals surface area contributed by atoms with Gasteiger partial charge in [-0.25, -0.2) is 4.39 Å². The van der Waals surface area contributed by atoms with Crippen molar-refractivity contribution in [3.8, 4) is 0 Å². The number of hydrogen-bond acceptors (Lipinski definition) is 4. The Morgan fingerprint density at radius 2 is 2.25 bits per heavy atom. The van der Waals surface area contributed by atoms with Crippen LogP contribution in [0.25, 0.3) is 0 Å². The normalized spacial score (nSPS) is 18.0. The Kier molecular flexibility index (Phi) is 5.25. The smallest absolute Gasteiger partial charge is 0.307 e. The van der Waals surface area contributed by atoms with E-state index in [0.29, 0.717) is 13.0 Å². The minimum atomic E-state index is -0.237. The summed E-state index contributed by atoms with van der Waals surface area (Å²) in [5, 5.41) is 4.28. The number of nitrogens with zero attached hydrogens (tertiary/aromatic N) is 3. The lowest BCUT2D eigenvalue weighted by Crippen LogP contribution is -2.19. The summed E-state index contributed by atoms with van der Waals surface area (Å²) in [4.78, 5) is 13.5. The van der Waals surface area contributed by atoms with E-state index >= 15 is 0 Å². The molecule has 1 aromatic heterocycles. The minimum absolute atomic E-state index is 0.111. The number of rotatable bonds is 6. The number of aryl methyl sites for hydroxylation is 1. The molecule has 5 nitrogen and oxygen atoms in total. The highest BCUT2D eigenvalue weighted by Gasteiger charge is 2.25. The van der Waals surface area contributed by atoms with Gasteiger partial charge in [-0.15, -0.1) is 0 Å². The van der Waals surface area contributed by atoms with Gasteiger partial charge < -0.3 is 4.74 Å². The fourth-order valence-electron chi connectivity index (χ4n) is 3.21. The molecule has 128 valence electrons. The van der Waals surface area contributed by atoms with Crippen molar-refractivity contribution in [1.29, 1.82) is 0 Å². The summed E-state index contributed by atoms with van der Waals surface area (Å²) in [6, 6.07) is 7.04. The quantitative estimate of drug-likeness (QED) is 0.763. The lowest BCUT2D eigenvalue weighted by molar-refractivity contribution is -0.140. The first-order valence-corrected chi connectivity index (χ1v) is 8.20. The Balaban J connectivity index is 1.53. The molecule has 1 fully saturated rings. The van der Waals surface area contributed by atoms with E-state index in [1.807, 2.05) is 24.5 Å². The highest BCUT2D eigenvalue weighted by atomic mass is 19.1. The molecule has 3 rings (SSSR count). The molecule has 0 N–H and O–H groups in total. The van der Waals surface area contributed by atoms with Crippen molar-refractivity contribution < 1.29 is 13.9 Å². The number of hydrogen-bond donors (Lipinski definition) is 0. The van der Waals surface area contributed by atoms with Gasteiger partial charge in [0.15, 0.2) is 0 Å². The van der Waals surface area contributed by atoms with Gasteiger partial charge >= 0.3 is 5.97 Å². The van der Waals surface area contributed by atoms with Crippen LogP contribution in [0.1, 0.15) is 29.9 Å². The van der Waals surface area contributed by atoms with Crippen molar-refractivity contribution >= 4 is 5.97 Å². The molecule has 1 aliphatic heterocycles. The molecule has 1 aliphatic rings. The Morgan fingerprint density at radius 1 is 1.42 bits per heavy atom. The number of benzene rings is 1. The van der Waals surface area contributed by atoms with E-state index < -0.39 is 0 Å². The van der Waals surface area contributed by atoms with E-state index in [9.17, 15) is 9.18 Å². The summed E-state index contributed by atoms with van der Waals surface area (Å²) in [6.07, 6.45) is 5.07. The van der Waals surface area contributed by atoms with Crippen LogP contribution < -0.4 is 0 Å². The molecule has 6 heteroatoms. The fourth-order valence-corrected chi connectivity index (χ4v) is 3.21. The van der Waals surface area contributed by atoms with Crippen LogP contribution >= 0.6 is 0 Å². The van der Waals surface area contributed by atoms with Gasteiger partial charge in [-0.1, -0.05) is 18.2 Å². The van der Waals surface area contributed by atoms with Gasteiger partial charge in [0.2, 0.25) is 0 Å². The number of esters is 1. The van der Waals surface area contributed by atoms with Crippen LogP contribution in [0.2, 0.25) is 0 Å². The summed E-state index contributed by atoms with van der Waals surface area (Å²) in [6.45, 7) is 3.12. The van der Waals surface area contributed by atoms with Crippen LogP contribution in [0, 0.1) is 5.82 Å². The van der Waals surface area contributed by atoms with Gasteiger partial charge in [0, 0.05) is 30.8 Å². The van der Waals surface area contributed by atoms with Crippen molar-refractivity contribution in [2.24, 2.45) is 0 Å². The summed E-state index contributed by atoms with van der Waals surface area (Å²) in [5.41, 5.74) is 1.92. The lowest BCUT2D eigenvalue weighted by atomic mass is 9.98. The molecule has 2 aromatic rings. The first-order valence-electron chi connectivity index (χ1n) is 8.20. The van der Waals surface area contributed by atoms with Crippen LogP contribution in [0.15, 0.2) is 36.7 Å². The molecule has 0 bridgehead atoms. The van der Waals surface area contributed by atoms with E-state index in [1.165, 1.54) is 13.2 Å². The highest BCUT2D eigenvalue weighted by Crippen LogP contribution is 2.29. The van der Waals surface area contributed by atoms with Gasteiger partial charge in [-0.3, -0.25) is 14.4 Å². The Hall–Kier alpha value is -2.21. The van der Waals surface area contributed by atoms with E-state index in [1.54, 1.807) is 10.7 Å². The second-order valence-electron chi connectivity index (χ2n) is 6.18. The number of carbonyl (C=O) groups excluding carboxylic acids is 1. The zero-order valence-electron chi connectivity index (χ0n) is 13.8. The third-order valence-corrected chi connectivity index (χ3v) is 4.48. The molecule has 24 heavy (non-hydrogen) atoms. The van der Waals surface area contributed by atoms with Crippen molar-refractivity contribution in [1.82, 2.24) is 14.7 Å². The van der Waals surface area contributed by atoms with Crippen LogP contribution in [-0.4, -0.2) is 40.8 Å². The molecule has 0 aliphatic carbocycles. The monoisotopic (exact) mass is 331 g/mol. The number of carbonyl (C=O) groups is 1. The summed E-state index contributed by atoms with van der Waals surface area (Å²) >= 11 is 0. The summed E-state index contributed by atoms with van der Waals surface area (Å²) in [7, 11) is 1.39. The maximum atomic E-state index is 13.9. The number of aromatic nitrogens is 2. The third kappa shape index (κ3) is 4.00. The molecule has 0 radical (unpaired) electrons. The fraction of sp³-hybridized carbons (Fsp3) is 0.444. The zero-order chi connectivity index (χ0) is 16.9. The lowest BCUT2D eigenvalue weighted by Gasteiger charge is -2.15. The van der Waals surface area contributed by atoms with Gasteiger partial charge in [0.25, 0.3) is 0 Å². The van der Waals surface area contributed by atoms with Gasteiger partial charge in [-0.2, -0.15) is 5.10 Å². The van der Waals surface area contributed by atoms with E-state index in [0.717, 1.165) is 37.2 Å². The largest absolute Gasteiger partial charge is 0.469 e. The Labute approximate surface area is 141 Å². The predicted octanol–water partition coefficient (Wildman–Crippen LogP) is 2.57. The van der Waals surface area contributed by atoms with Gasteiger partial charge in [-0.05, 0) is 24.6 Å². The topological polar surface area (TPSA) is 47.4 Å². The van der Waals surface area contributed by atoms with Crippen LogP contribution in [0.3, 0.4) is 0 Å². The second-order valence-corrected chi connectivity index (χ2v) is 6.18. The molecule has 1 aromatic carbocycles. The van der Waals surface area contributed by atoms with Gasteiger partial charge in [0.1, 0.15) is 5.82 Å². The Morgan fingerprint density at radius 3 is 3.04 bits per heavy atom. The van der Waals surface area contributed by atoms with Crippen molar-refractivity contribution in [2.75, 3.05) is 20.2 Å². The van der Waals surface area contributed by atoms with Crippen LogP contribution in [-0.2, 0) is 22.6 Å². The van der Waals surface area contributed by atoms with E-state index in [-0.39, 0.29) is 17.7 Å². The second kappa shape index (κ2) is 7.57. The SMILES string of the molecule is COC(=O)CCn1cc(CN2CC[C@H](c3ccccc3F)C2)cn1. The number of methoxy groups -OCH3 is 1. The average molecular weight is 331 g/mol. The van der Waals surface area contributed by atoms with Crippen molar-refractivity contribution in [3.05, 3.63) is 53.6 Å². The number of ether oxygens (including phenoxy) is 1. The number of halogens is 1. The maximum Gasteiger partial charge on any atom is 0.307 e. The molecule has 0 unspecified atom stereocenters. The minimum Gasteiger partial charge on any atom is -0.469 e. The van der Waals surface area contributed by atoms with Crippen molar-refractivity contribution in [2.45, 2.75) is 31.8 Å². The highest BCUT2D eigenvalue weighted by molar-refractivity contribution is 5.68. The molecule has 2 heterocycles. The third-order valence-electron chi connectivity index (χ3n) is 4.48. The summed E-state index contributed by atoms with van der Waals surface area (Å²) in [5.74, 6) is -0.0973. The zero-order valence-corrected chi connectivity index (χ0v) is 13.8. The van der Waals surface area contributed by atoms with Crippen LogP contribution in [0.4, 0.5) is 4.39 Å². The van der Waals surface area contributed by atoms with E-state index in [4.69, 9.17) is 0 Å². The Bertz CT molecular complexity index is 701. The first kappa shape index (κ1) is 16.6. The van der Waals surface area contributed by atoms with E-state index in [2.05, 4.69) is 14.7 Å². The molecule has 0 saturated carbocycles. The first-order chi connectivity index (χ1) is 11.7. The molecular formula is C18H22FN3O2. The van der Waals surface area contributed by atoms with Crippen molar-refractivity contribution in [3.63, 3.8) is 0 Å². The van der Waals surface area contributed by atoms with Gasteiger partial charge in [0.05, 0.1) is 26.3 Å². The maximum absolute atomic E-state index is 13.9. The molecule has 0 spiro atoms. The van der Waals surface area contributed by atoms with Crippen LogP contribution in [0.5, 0.6) is 0 Å². The molecule has 1 atom stereocenters. The summed E-state index contributed by atoms with van der Waals surface area (Å²) < 4.78 is 20.3. The molecule has 1 saturated heterocycles.